The van der Waals surface area contributed by atoms with E-state index in [0.29, 0.717) is 22.9 Å². The van der Waals surface area contributed by atoms with Crippen LogP contribution in [-0.4, -0.2) is 31.5 Å². The smallest absolute Gasteiger partial charge is 0.342 e. The molecule has 2 amide bonds. The molecule has 3 aromatic carbocycles. The van der Waals surface area contributed by atoms with Gasteiger partial charge in [-0.1, -0.05) is 42.5 Å². The highest BCUT2D eigenvalue weighted by Gasteiger charge is 2.16. The summed E-state index contributed by atoms with van der Waals surface area (Å²) in [5, 5.41) is 5.25. The Bertz CT molecular complexity index is 1130. The van der Waals surface area contributed by atoms with Crippen LogP contribution in [0.2, 0.25) is 0 Å². The van der Waals surface area contributed by atoms with E-state index in [0.717, 1.165) is 5.56 Å². The molecule has 0 heterocycles. The summed E-state index contributed by atoms with van der Waals surface area (Å²) in [6.07, 6.45) is 0. The maximum atomic E-state index is 12.6. The number of carbonyl (C=O) groups is 3. The Morgan fingerprint density at radius 3 is 2.30 bits per heavy atom. The highest BCUT2D eigenvalue weighted by molar-refractivity contribution is 5.98. The molecule has 0 aliphatic carbocycles. The van der Waals surface area contributed by atoms with E-state index in [1.165, 1.54) is 14.0 Å². The number of benzene rings is 3. The monoisotopic (exact) mass is 448 g/mol. The Labute approximate surface area is 191 Å². The van der Waals surface area contributed by atoms with Gasteiger partial charge in [0.25, 0.3) is 5.91 Å². The van der Waals surface area contributed by atoms with Gasteiger partial charge in [-0.25, -0.2) is 4.79 Å². The normalized spacial score (nSPS) is 10.1. The fourth-order valence-corrected chi connectivity index (χ4v) is 2.98. The molecule has 0 spiro atoms. The van der Waals surface area contributed by atoms with Crippen LogP contribution in [0.25, 0.3) is 0 Å². The molecule has 3 aromatic rings. The number of rotatable bonds is 9. The van der Waals surface area contributed by atoms with Crippen LogP contribution >= 0.6 is 0 Å². The molecule has 33 heavy (non-hydrogen) atoms. The lowest BCUT2D eigenvalue weighted by Crippen LogP contribution is -2.21. The maximum Gasteiger partial charge on any atom is 0.342 e. The lowest BCUT2D eigenvalue weighted by Gasteiger charge is -2.13. The third-order valence-electron chi connectivity index (χ3n) is 4.47. The summed E-state index contributed by atoms with van der Waals surface area (Å²) in [7, 11) is 1.45. The number of nitrogens with one attached hydrogen (secondary N) is 2. The topological polar surface area (TPSA) is 103 Å². The molecule has 0 saturated heterocycles. The molecule has 8 heteroatoms. The van der Waals surface area contributed by atoms with Gasteiger partial charge >= 0.3 is 5.97 Å². The van der Waals surface area contributed by atoms with Crippen molar-refractivity contribution in [1.29, 1.82) is 0 Å². The van der Waals surface area contributed by atoms with Crippen molar-refractivity contribution in [2.75, 3.05) is 24.4 Å². The van der Waals surface area contributed by atoms with Crippen LogP contribution in [0.15, 0.2) is 72.8 Å². The Kier molecular flexibility index (Phi) is 8.02. The second-order valence-electron chi connectivity index (χ2n) is 6.99. The largest absolute Gasteiger partial charge is 0.495 e. The van der Waals surface area contributed by atoms with Crippen molar-refractivity contribution < 1.29 is 28.6 Å². The molecular weight excluding hydrogens is 424 g/mol. The molecule has 0 saturated carbocycles. The molecular formula is C25H24N2O6. The lowest BCUT2D eigenvalue weighted by molar-refractivity contribution is -0.119. The molecule has 0 aromatic heterocycles. The van der Waals surface area contributed by atoms with Gasteiger partial charge in [-0.05, 0) is 35.9 Å². The first-order valence-electron chi connectivity index (χ1n) is 10.1. The third-order valence-corrected chi connectivity index (χ3v) is 4.47. The molecule has 8 nitrogen and oxygen atoms in total. The maximum absolute atomic E-state index is 12.6. The average molecular weight is 448 g/mol. The number of carbonyl (C=O) groups excluding carboxylic acids is 3. The molecule has 2 N–H and O–H groups in total. The van der Waals surface area contributed by atoms with Gasteiger partial charge in [0.1, 0.15) is 23.7 Å². The zero-order valence-corrected chi connectivity index (χ0v) is 18.3. The number of ether oxygens (including phenoxy) is 3. The molecule has 0 aliphatic heterocycles. The number of methoxy groups -OCH3 is 1. The number of esters is 1. The van der Waals surface area contributed by atoms with E-state index in [1.54, 1.807) is 42.5 Å². The SMILES string of the molecule is COc1ccc(NC(C)=O)cc1NC(=O)COC(=O)c1ccccc1OCc1ccccc1. The zero-order chi connectivity index (χ0) is 23.6. The van der Waals surface area contributed by atoms with Gasteiger partial charge in [-0.2, -0.15) is 0 Å². The summed E-state index contributed by atoms with van der Waals surface area (Å²) in [4.78, 5) is 36.2. The number of amides is 2. The number of hydrogen-bond acceptors (Lipinski definition) is 6. The average Bonchev–Trinajstić information content (AvgIpc) is 2.82. The fraction of sp³-hybridized carbons (Fsp3) is 0.160. The van der Waals surface area contributed by atoms with E-state index in [1.807, 2.05) is 30.3 Å². The molecule has 0 atom stereocenters. The van der Waals surface area contributed by atoms with Crippen LogP contribution in [0.3, 0.4) is 0 Å². The molecule has 0 unspecified atom stereocenters. The van der Waals surface area contributed by atoms with Crippen LogP contribution in [0.1, 0.15) is 22.8 Å². The summed E-state index contributed by atoms with van der Waals surface area (Å²) in [6, 6.07) is 21.0. The van der Waals surface area contributed by atoms with E-state index < -0.39 is 18.5 Å². The molecule has 0 aliphatic rings. The number of anilines is 2. The van der Waals surface area contributed by atoms with Crippen LogP contribution in [0.5, 0.6) is 11.5 Å². The summed E-state index contributed by atoms with van der Waals surface area (Å²) in [6.45, 7) is 1.15. The first-order chi connectivity index (χ1) is 16.0. The lowest BCUT2D eigenvalue weighted by atomic mass is 10.2. The van der Waals surface area contributed by atoms with Crippen LogP contribution < -0.4 is 20.1 Å². The van der Waals surface area contributed by atoms with Crippen molar-refractivity contribution in [3.05, 3.63) is 83.9 Å². The molecule has 0 fully saturated rings. The Morgan fingerprint density at radius 2 is 1.58 bits per heavy atom. The van der Waals surface area contributed by atoms with Gasteiger partial charge in [0.05, 0.1) is 12.8 Å². The minimum atomic E-state index is -0.687. The van der Waals surface area contributed by atoms with E-state index in [2.05, 4.69) is 10.6 Å². The van der Waals surface area contributed by atoms with E-state index in [4.69, 9.17) is 14.2 Å². The second kappa shape index (κ2) is 11.3. The minimum Gasteiger partial charge on any atom is -0.495 e. The van der Waals surface area contributed by atoms with Gasteiger partial charge in [0.15, 0.2) is 6.61 Å². The number of hydrogen-bond donors (Lipinski definition) is 2. The van der Waals surface area contributed by atoms with Crippen molar-refractivity contribution in [1.82, 2.24) is 0 Å². The van der Waals surface area contributed by atoms with Gasteiger partial charge in [-0.15, -0.1) is 0 Å². The molecule has 3 rings (SSSR count). The molecule has 0 radical (unpaired) electrons. The highest BCUT2D eigenvalue weighted by atomic mass is 16.5. The standard InChI is InChI=1S/C25H24N2O6/c1-17(28)26-19-12-13-23(31-2)21(14-19)27-24(29)16-33-25(30)20-10-6-7-11-22(20)32-15-18-8-4-3-5-9-18/h3-14H,15-16H2,1-2H3,(H,26,28)(H,27,29). The van der Waals surface area contributed by atoms with E-state index in [-0.39, 0.29) is 18.1 Å². The molecule has 170 valence electrons. The summed E-state index contributed by atoms with van der Waals surface area (Å²) < 4.78 is 16.2. The van der Waals surface area contributed by atoms with E-state index >= 15 is 0 Å². The minimum absolute atomic E-state index is 0.214. The van der Waals surface area contributed by atoms with Crippen molar-refractivity contribution >= 4 is 29.2 Å². The summed E-state index contributed by atoms with van der Waals surface area (Å²) >= 11 is 0. The van der Waals surface area contributed by atoms with Crippen LogP contribution in [-0.2, 0) is 20.9 Å². The Balaban J connectivity index is 1.61. The number of para-hydroxylation sites is 1. The predicted octanol–water partition coefficient (Wildman–Crippen LogP) is 4.03. The van der Waals surface area contributed by atoms with Crippen molar-refractivity contribution in [3.8, 4) is 11.5 Å². The van der Waals surface area contributed by atoms with Crippen molar-refractivity contribution in [2.24, 2.45) is 0 Å². The fourth-order valence-electron chi connectivity index (χ4n) is 2.98. The second-order valence-corrected chi connectivity index (χ2v) is 6.99. The quantitative estimate of drug-likeness (QED) is 0.479. The van der Waals surface area contributed by atoms with Gasteiger partial charge < -0.3 is 24.8 Å². The molecule has 0 bridgehead atoms. The first-order valence-corrected chi connectivity index (χ1v) is 10.1. The van der Waals surface area contributed by atoms with Crippen molar-refractivity contribution in [2.45, 2.75) is 13.5 Å². The van der Waals surface area contributed by atoms with E-state index in [9.17, 15) is 14.4 Å². The van der Waals surface area contributed by atoms with Gasteiger partial charge in [0.2, 0.25) is 5.91 Å². The first kappa shape index (κ1) is 23.3. The Morgan fingerprint density at radius 1 is 0.848 bits per heavy atom. The van der Waals surface area contributed by atoms with Crippen molar-refractivity contribution in [3.63, 3.8) is 0 Å². The van der Waals surface area contributed by atoms with Crippen LogP contribution in [0, 0.1) is 0 Å². The predicted molar refractivity (Wildman–Crippen MR) is 123 cm³/mol. The Hall–Kier alpha value is -4.33. The van der Waals surface area contributed by atoms with Gasteiger partial charge in [0, 0.05) is 12.6 Å². The zero-order valence-electron chi connectivity index (χ0n) is 18.3. The van der Waals surface area contributed by atoms with Crippen LogP contribution in [0.4, 0.5) is 11.4 Å². The third kappa shape index (κ3) is 6.83. The van der Waals surface area contributed by atoms with Gasteiger partial charge in [-0.3, -0.25) is 9.59 Å². The highest BCUT2D eigenvalue weighted by Crippen LogP contribution is 2.28. The summed E-state index contributed by atoms with van der Waals surface area (Å²) in [5.74, 6) is -0.753. The summed E-state index contributed by atoms with van der Waals surface area (Å²) in [5.41, 5.74) is 1.98.